The van der Waals surface area contributed by atoms with Crippen molar-refractivity contribution in [1.82, 2.24) is 24.7 Å². The summed E-state index contributed by atoms with van der Waals surface area (Å²) in [6, 6.07) is 3.01. The van der Waals surface area contributed by atoms with E-state index < -0.39 is 29.8 Å². The number of hydrogen-bond acceptors (Lipinski definition) is 6. The summed E-state index contributed by atoms with van der Waals surface area (Å²) in [7, 11) is 1.18. The molecule has 2 saturated heterocycles. The number of rotatable bonds is 6. The molecule has 2 aromatic rings. The molecule has 1 N–H and O–H groups in total. The molecule has 1 aliphatic carbocycles. The van der Waals surface area contributed by atoms with Crippen molar-refractivity contribution in [2.75, 3.05) is 20.3 Å². The number of ether oxygens (including phenoxy) is 1. The molecular formula is C25H28F3N5O4. The maximum absolute atomic E-state index is 13.6. The molecule has 3 aliphatic rings. The van der Waals surface area contributed by atoms with Crippen molar-refractivity contribution in [3.63, 3.8) is 0 Å². The van der Waals surface area contributed by atoms with E-state index in [2.05, 4.69) is 9.97 Å². The molecule has 0 radical (unpaired) electrons. The first-order valence-electron chi connectivity index (χ1n) is 12.3. The summed E-state index contributed by atoms with van der Waals surface area (Å²) < 4.78 is 46.1. The SMILES string of the molecule is CN(C(=O)O)C(C(=O)N1CC[C@@H]2CC[C@H](Oc3cnc(C4CC4)cn3)N2C1)c1cccc(C(F)(F)F)c1. The van der Waals surface area contributed by atoms with E-state index >= 15 is 0 Å². The van der Waals surface area contributed by atoms with Gasteiger partial charge in [-0.15, -0.1) is 0 Å². The second-order valence-electron chi connectivity index (χ2n) is 9.82. The zero-order valence-corrected chi connectivity index (χ0v) is 20.3. The van der Waals surface area contributed by atoms with Gasteiger partial charge >= 0.3 is 12.3 Å². The predicted octanol–water partition coefficient (Wildman–Crippen LogP) is 4.08. The lowest BCUT2D eigenvalue weighted by Gasteiger charge is -2.42. The van der Waals surface area contributed by atoms with Gasteiger partial charge in [-0.3, -0.25) is 14.7 Å². The number of halogens is 3. The fourth-order valence-corrected chi connectivity index (χ4v) is 5.11. The Labute approximate surface area is 211 Å². The Bertz CT molecular complexity index is 1160. The van der Waals surface area contributed by atoms with E-state index in [4.69, 9.17) is 4.74 Å². The summed E-state index contributed by atoms with van der Waals surface area (Å²) in [4.78, 5) is 38.5. The van der Waals surface area contributed by atoms with E-state index in [1.54, 1.807) is 12.4 Å². The average molecular weight is 520 g/mol. The van der Waals surface area contributed by atoms with E-state index in [1.807, 2.05) is 4.90 Å². The fourth-order valence-electron chi connectivity index (χ4n) is 5.11. The molecule has 2 aliphatic heterocycles. The highest BCUT2D eigenvalue weighted by Crippen LogP contribution is 2.39. The van der Waals surface area contributed by atoms with Gasteiger partial charge in [0, 0.05) is 25.6 Å². The molecule has 1 unspecified atom stereocenters. The fraction of sp³-hybridized carbons (Fsp3) is 0.520. The first-order valence-corrected chi connectivity index (χ1v) is 12.3. The van der Waals surface area contributed by atoms with Gasteiger partial charge in [0.05, 0.1) is 30.3 Å². The quantitative estimate of drug-likeness (QED) is 0.614. The minimum Gasteiger partial charge on any atom is -0.465 e. The number of likely N-dealkylation sites (N-methyl/N-ethyl adjacent to an activating group) is 1. The van der Waals surface area contributed by atoms with Crippen LogP contribution < -0.4 is 4.74 Å². The summed E-state index contributed by atoms with van der Waals surface area (Å²) >= 11 is 0. The molecular weight excluding hydrogens is 491 g/mol. The lowest BCUT2D eigenvalue weighted by atomic mass is 10.0. The number of aromatic nitrogens is 2. The summed E-state index contributed by atoms with van der Waals surface area (Å²) in [6.07, 6.45) is 1.44. The molecule has 3 atom stereocenters. The third-order valence-electron chi connectivity index (χ3n) is 7.32. The van der Waals surface area contributed by atoms with Crippen LogP contribution in [0.25, 0.3) is 0 Å². The maximum atomic E-state index is 13.6. The molecule has 12 heteroatoms. The van der Waals surface area contributed by atoms with Crippen LogP contribution in [0.2, 0.25) is 0 Å². The van der Waals surface area contributed by atoms with Crippen LogP contribution in [-0.2, 0) is 11.0 Å². The lowest BCUT2D eigenvalue weighted by molar-refractivity contribution is -0.144. The van der Waals surface area contributed by atoms with E-state index in [0.29, 0.717) is 24.8 Å². The van der Waals surface area contributed by atoms with Crippen LogP contribution in [0.15, 0.2) is 36.7 Å². The number of alkyl halides is 3. The molecule has 5 rings (SSSR count). The van der Waals surface area contributed by atoms with E-state index in [-0.39, 0.29) is 24.5 Å². The minimum atomic E-state index is -4.62. The molecule has 1 aromatic carbocycles. The van der Waals surface area contributed by atoms with Crippen molar-refractivity contribution in [2.45, 2.75) is 62.5 Å². The van der Waals surface area contributed by atoms with Gasteiger partial charge in [-0.2, -0.15) is 13.2 Å². The predicted molar refractivity (Wildman–Crippen MR) is 124 cm³/mol. The van der Waals surface area contributed by atoms with Crippen molar-refractivity contribution in [3.8, 4) is 5.88 Å². The Kier molecular flexibility index (Phi) is 6.69. The minimum absolute atomic E-state index is 0.0351. The average Bonchev–Trinajstić information content (AvgIpc) is 3.65. The Morgan fingerprint density at radius 2 is 1.92 bits per heavy atom. The third kappa shape index (κ3) is 5.34. The summed E-state index contributed by atoms with van der Waals surface area (Å²) in [5, 5.41) is 9.59. The van der Waals surface area contributed by atoms with Crippen LogP contribution in [0, 0.1) is 0 Å². The Morgan fingerprint density at radius 1 is 1.14 bits per heavy atom. The molecule has 1 saturated carbocycles. The number of carbonyl (C=O) groups excluding carboxylic acids is 1. The number of carboxylic acid groups (broad SMARTS) is 1. The number of carbonyl (C=O) groups is 2. The van der Waals surface area contributed by atoms with Gasteiger partial charge in [-0.1, -0.05) is 12.1 Å². The van der Waals surface area contributed by atoms with Gasteiger partial charge in [0.25, 0.3) is 5.91 Å². The van der Waals surface area contributed by atoms with Gasteiger partial charge < -0.3 is 14.7 Å². The third-order valence-corrected chi connectivity index (χ3v) is 7.32. The van der Waals surface area contributed by atoms with Crippen molar-refractivity contribution >= 4 is 12.0 Å². The molecule has 9 nitrogen and oxygen atoms in total. The van der Waals surface area contributed by atoms with E-state index in [1.165, 1.54) is 24.1 Å². The zero-order chi connectivity index (χ0) is 26.3. The standard InChI is InChI=1S/C25H28F3N5O4/c1-31(24(35)36)22(16-3-2-4-17(11-16)25(26,27)28)23(34)32-10-9-18-7-8-21(33(18)14-32)37-20-13-29-19(12-30-20)15-5-6-15/h2-4,11-13,15,18,21-22H,5-10,14H2,1H3,(H,35,36)/t18-,21-,22?/m0/s1. The highest BCUT2D eigenvalue weighted by atomic mass is 19.4. The number of hydrogen-bond donors (Lipinski definition) is 1. The van der Waals surface area contributed by atoms with Crippen molar-refractivity contribution < 1.29 is 32.6 Å². The molecule has 3 fully saturated rings. The molecule has 3 heterocycles. The van der Waals surface area contributed by atoms with Gasteiger partial charge in [-0.25, -0.2) is 14.7 Å². The number of amides is 2. The van der Waals surface area contributed by atoms with Crippen LogP contribution in [-0.4, -0.2) is 74.3 Å². The van der Waals surface area contributed by atoms with Crippen molar-refractivity contribution in [2.24, 2.45) is 0 Å². The first-order chi connectivity index (χ1) is 17.6. The molecule has 0 spiro atoms. The number of benzene rings is 1. The van der Waals surface area contributed by atoms with Gasteiger partial charge in [0.2, 0.25) is 5.88 Å². The van der Waals surface area contributed by atoms with Gasteiger partial charge in [0.1, 0.15) is 6.04 Å². The molecule has 1 aromatic heterocycles. The zero-order valence-electron chi connectivity index (χ0n) is 20.3. The van der Waals surface area contributed by atoms with Crippen LogP contribution in [0.1, 0.15) is 60.9 Å². The number of nitrogens with zero attached hydrogens (tertiary/aromatic N) is 5. The highest BCUT2D eigenvalue weighted by molar-refractivity contribution is 5.86. The van der Waals surface area contributed by atoms with Gasteiger partial charge in [-0.05, 0) is 49.8 Å². The largest absolute Gasteiger partial charge is 0.465 e. The monoisotopic (exact) mass is 519 g/mol. The van der Waals surface area contributed by atoms with Crippen LogP contribution >= 0.6 is 0 Å². The van der Waals surface area contributed by atoms with E-state index in [9.17, 15) is 27.9 Å². The Balaban J connectivity index is 1.33. The maximum Gasteiger partial charge on any atom is 0.416 e. The summed E-state index contributed by atoms with van der Waals surface area (Å²) in [5.41, 5.74) is -0.0243. The normalized spacial score (nSPS) is 22.9. The molecule has 0 bridgehead atoms. The Morgan fingerprint density at radius 3 is 2.57 bits per heavy atom. The summed E-state index contributed by atoms with van der Waals surface area (Å²) in [5.74, 6) is 0.292. The van der Waals surface area contributed by atoms with Crippen LogP contribution in [0.5, 0.6) is 5.88 Å². The van der Waals surface area contributed by atoms with Gasteiger partial charge in [0.15, 0.2) is 6.23 Å². The molecule has 37 heavy (non-hydrogen) atoms. The Hall–Kier alpha value is -3.41. The molecule has 2 amide bonds. The van der Waals surface area contributed by atoms with Crippen LogP contribution in [0.4, 0.5) is 18.0 Å². The first kappa shape index (κ1) is 25.2. The second-order valence-corrected chi connectivity index (χ2v) is 9.82. The lowest BCUT2D eigenvalue weighted by Crippen LogP contribution is -2.55. The van der Waals surface area contributed by atoms with Crippen LogP contribution in [0.3, 0.4) is 0 Å². The molecule has 198 valence electrons. The van der Waals surface area contributed by atoms with Crippen molar-refractivity contribution in [1.29, 1.82) is 0 Å². The van der Waals surface area contributed by atoms with E-state index in [0.717, 1.165) is 48.4 Å². The smallest absolute Gasteiger partial charge is 0.416 e. The summed E-state index contributed by atoms with van der Waals surface area (Å²) in [6.45, 7) is 0.538. The number of fused-ring (bicyclic) bond motifs is 1. The second kappa shape index (κ2) is 9.81. The van der Waals surface area contributed by atoms with Crippen molar-refractivity contribution in [3.05, 3.63) is 53.5 Å². The topological polar surface area (TPSA) is 99.1 Å². The highest BCUT2D eigenvalue weighted by Gasteiger charge is 2.43.